The van der Waals surface area contributed by atoms with E-state index in [1.165, 1.54) is 0 Å². The highest BCUT2D eigenvalue weighted by Gasteiger charge is 2.48. The molecule has 1 rings (SSSR count). The molecular formula is C10H19F2NO. The molecule has 0 bridgehead atoms. The van der Waals surface area contributed by atoms with Gasteiger partial charge in [0.25, 0.3) is 5.92 Å². The van der Waals surface area contributed by atoms with Crippen LogP contribution in [-0.4, -0.2) is 42.7 Å². The van der Waals surface area contributed by atoms with Crippen LogP contribution in [0.25, 0.3) is 0 Å². The molecular weight excluding hydrogens is 188 g/mol. The molecule has 0 amide bonds. The first-order valence-corrected chi connectivity index (χ1v) is 4.90. The van der Waals surface area contributed by atoms with Gasteiger partial charge in [-0.1, -0.05) is 0 Å². The van der Waals surface area contributed by atoms with Crippen LogP contribution in [0.2, 0.25) is 0 Å². The van der Waals surface area contributed by atoms with Gasteiger partial charge in [0.1, 0.15) is 0 Å². The van der Waals surface area contributed by atoms with Gasteiger partial charge in [0.15, 0.2) is 0 Å². The second-order valence-electron chi connectivity index (χ2n) is 4.97. The maximum Gasteiger partial charge on any atom is 0.262 e. The summed E-state index contributed by atoms with van der Waals surface area (Å²) in [4.78, 5) is 1.83. The van der Waals surface area contributed by atoms with Crippen molar-refractivity contribution in [2.75, 3.05) is 20.3 Å². The van der Waals surface area contributed by atoms with E-state index in [0.717, 1.165) is 0 Å². The molecule has 0 spiro atoms. The molecule has 1 aliphatic heterocycles. The van der Waals surface area contributed by atoms with Crippen molar-refractivity contribution < 1.29 is 13.5 Å². The maximum atomic E-state index is 13.2. The Kier molecular flexibility index (Phi) is 3.17. The standard InChI is InChI=1S/C10H19F2NO/c1-9(2,3)13-7-10(11,12)5-8(13)6-14-4/h8H,5-7H2,1-4H3/t8-/m1/s1. The van der Waals surface area contributed by atoms with E-state index in [4.69, 9.17) is 4.74 Å². The lowest BCUT2D eigenvalue weighted by Crippen LogP contribution is -2.46. The van der Waals surface area contributed by atoms with Crippen molar-refractivity contribution in [1.29, 1.82) is 0 Å². The quantitative estimate of drug-likeness (QED) is 0.688. The zero-order valence-electron chi connectivity index (χ0n) is 9.31. The summed E-state index contributed by atoms with van der Waals surface area (Å²) in [6, 6.07) is -0.157. The van der Waals surface area contributed by atoms with Crippen LogP contribution in [0, 0.1) is 0 Å². The Morgan fingerprint density at radius 3 is 2.43 bits per heavy atom. The van der Waals surface area contributed by atoms with Crippen LogP contribution in [0.4, 0.5) is 8.78 Å². The summed E-state index contributed by atoms with van der Waals surface area (Å²) < 4.78 is 31.4. The van der Waals surface area contributed by atoms with E-state index in [2.05, 4.69) is 0 Å². The number of halogens is 2. The first-order valence-electron chi connectivity index (χ1n) is 4.90. The Labute approximate surface area is 84.2 Å². The lowest BCUT2D eigenvalue weighted by Gasteiger charge is -2.36. The van der Waals surface area contributed by atoms with E-state index in [1.807, 2.05) is 25.7 Å². The minimum absolute atomic E-state index is 0.0852. The third-order valence-electron chi connectivity index (χ3n) is 2.60. The van der Waals surface area contributed by atoms with Crippen LogP contribution in [0.15, 0.2) is 0 Å². The number of nitrogens with zero attached hydrogens (tertiary/aromatic N) is 1. The van der Waals surface area contributed by atoms with Crippen LogP contribution in [0.5, 0.6) is 0 Å². The van der Waals surface area contributed by atoms with E-state index in [9.17, 15) is 8.78 Å². The number of alkyl halides is 2. The van der Waals surface area contributed by atoms with E-state index < -0.39 is 5.92 Å². The van der Waals surface area contributed by atoms with Crippen molar-refractivity contribution in [2.45, 2.75) is 44.7 Å². The van der Waals surface area contributed by atoms with Crippen molar-refractivity contribution >= 4 is 0 Å². The number of hydrogen-bond donors (Lipinski definition) is 0. The average Bonchev–Trinajstić information content (AvgIpc) is 2.25. The number of ether oxygens (including phenoxy) is 1. The van der Waals surface area contributed by atoms with E-state index in [1.54, 1.807) is 7.11 Å². The molecule has 0 radical (unpaired) electrons. The highest BCUT2D eigenvalue weighted by Crippen LogP contribution is 2.36. The maximum absolute atomic E-state index is 13.2. The van der Waals surface area contributed by atoms with Gasteiger partial charge in [-0.2, -0.15) is 0 Å². The van der Waals surface area contributed by atoms with Gasteiger partial charge < -0.3 is 4.74 Å². The minimum Gasteiger partial charge on any atom is -0.383 e. The number of methoxy groups -OCH3 is 1. The van der Waals surface area contributed by atoms with Crippen LogP contribution in [-0.2, 0) is 4.74 Å². The molecule has 0 saturated carbocycles. The summed E-state index contributed by atoms with van der Waals surface area (Å²) in [5.41, 5.74) is -0.219. The Morgan fingerprint density at radius 2 is 2.00 bits per heavy atom. The van der Waals surface area contributed by atoms with Gasteiger partial charge in [-0.25, -0.2) is 8.78 Å². The van der Waals surface area contributed by atoms with Crippen molar-refractivity contribution in [3.05, 3.63) is 0 Å². The molecule has 0 aliphatic carbocycles. The fourth-order valence-electron chi connectivity index (χ4n) is 2.02. The van der Waals surface area contributed by atoms with Crippen molar-refractivity contribution in [1.82, 2.24) is 4.90 Å². The second-order valence-corrected chi connectivity index (χ2v) is 4.97. The Hall–Kier alpha value is -0.220. The molecule has 1 fully saturated rings. The molecule has 1 atom stereocenters. The van der Waals surface area contributed by atoms with Crippen molar-refractivity contribution in [2.24, 2.45) is 0 Å². The normalized spacial score (nSPS) is 28.3. The summed E-state index contributed by atoms with van der Waals surface area (Å²) in [5.74, 6) is -2.56. The Morgan fingerprint density at radius 1 is 1.43 bits per heavy atom. The largest absolute Gasteiger partial charge is 0.383 e. The van der Waals surface area contributed by atoms with Gasteiger partial charge in [0.05, 0.1) is 13.2 Å². The molecule has 0 aromatic rings. The van der Waals surface area contributed by atoms with Gasteiger partial charge >= 0.3 is 0 Å². The third-order valence-corrected chi connectivity index (χ3v) is 2.60. The van der Waals surface area contributed by atoms with Crippen LogP contribution in [0.1, 0.15) is 27.2 Å². The number of hydrogen-bond acceptors (Lipinski definition) is 2. The first-order chi connectivity index (χ1) is 6.26. The zero-order valence-corrected chi connectivity index (χ0v) is 9.31. The predicted molar refractivity (Wildman–Crippen MR) is 51.7 cm³/mol. The van der Waals surface area contributed by atoms with E-state index >= 15 is 0 Å². The van der Waals surface area contributed by atoms with Crippen LogP contribution in [0.3, 0.4) is 0 Å². The molecule has 1 saturated heterocycles. The molecule has 0 aromatic carbocycles. The molecule has 4 heteroatoms. The van der Waals surface area contributed by atoms with E-state index in [0.29, 0.717) is 6.61 Å². The lowest BCUT2D eigenvalue weighted by atomic mass is 10.1. The predicted octanol–water partition coefficient (Wildman–Crippen LogP) is 2.14. The molecule has 0 aromatic heterocycles. The zero-order chi connectivity index (χ0) is 11.0. The highest BCUT2D eigenvalue weighted by atomic mass is 19.3. The first kappa shape index (κ1) is 11.9. The molecule has 2 nitrogen and oxygen atoms in total. The average molecular weight is 207 g/mol. The van der Waals surface area contributed by atoms with Crippen molar-refractivity contribution in [3.63, 3.8) is 0 Å². The van der Waals surface area contributed by atoms with Gasteiger partial charge in [-0.15, -0.1) is 0 Å². The van der Waals surface area contributed by atoms with Gasteiger partial charge in [-0.05, 0) is 20.8 Å². The summed E-state index contributed by atoms with van der Waals surface area (Å²) in [7, 11) is 1.55. The number of rotatable bonds is 2. The molecule has 84 valence electrons. The number of likely N-dealkylation sites (tertiary alicyclic amines) is 1. The summed E-state index contributed by atoms with van der Waals surface area (Å²) in [6.45, 7) is 6.10. The smallest absolute Gasteiger partial charge is 0.262 e. The second kappa shape index (κ2) is 3.74. The highest BCUT2D eigenvalue weighted by molar-refractivity contribution is 4.95. The monoisotopic (exact) mass is 207 g/mol. The van der Waals surface area contributed by atoms with Gasteiger partial charge in [0.2, 0.25) is 0 Å². The minimum atomic E-state index is -2.56. The third kappa shape index (κ3) is 2.64. The fourth-order valence-corrected chi connectivity index (χ4v) is 2.02. The Balaban J connectivity index is 2.73. The topological polar surface area (TPSA) is 12.5 Å². The molecule has 14 heavy (non-hydrogen) atoms. The van der Waals surface area contributed by atoms with Crippen LogP contribution < -0.4 is 0 Å². The summed E-state index contributed by atoms with van der Waals surface area (Å²) in [6.07, 6.45) is -0.0852. The molecule has 0 unspecified atom stereocenters. The lowest BCUT2D eigenvalue weighted by molar-refractivity contribution is 0.000852. The van der Waals surface area contributed by atoms with Crippen LogP contribution >= 0.6 is 0 Å². The van der Waals surface area contributed by atoms with Gasteiger partial charge in [-0.3, -0.25) is 4.90 Å². The SMILES string of the molecule is COC[C@H]1CC(F)(F)CN1C(C)(C)C. The molecule has 1 heterocycles. The van der Waals surface area contributed by atoms with Crippen molar-refractivity contribution in [3.8, 4) is 0 Å². The fraction of sp³-hybridized carbons (Fsp3) is 1.00. The molecule has 0 N–H and O–H groups in total. The molecule has 1 aliphatic rings. The summed E-state index contributed by atoms with van der Waals surface area (Å²) in [5, 5.41) is 0. The summed E-state index contributed by atoms with van der Waals surface area (Å²) >= 11 is 0. The Bertz CT molecular complexity index is 201. The van der Waals surface area contributed by atoms with Gasteiger partial charge in [0, 0.05) is 25.1 Å². The van der Waals surface area contributed by atoms with E-state index in [-0.39, 0.29) is 24.5 Å².